The summed E-state index contributed by atoms with van der Waals surface area (Å²) < 4.78 is 2.63. The fraction of sp³-hybridized carbons (Fsp3) is 0.300. The molecule has 2 heterocycles. The number of aromatic nitrogens is 2. The summed E-state index contributed by atoms with van der Waals surface area (Å²) in [5.74, 6) is 1.01. The van der Waals surface area contributed by atoms with Crippen molar-refractivity contribution >= 4 is 28.8 Å². The fourth-order valence-electron chi connectivity index (χ4n) is 1.37. The van der Waals surface area contributed by atoms with Crippen molar-refractivity contribution in [1.82, 2.24) is 9.78 Å². The summed E-state index contributed by atoms with van der Waals surface area (Å²) in [6.45, 7) is 2.11. The number of aryl methyl sites for hydroxylation is 1. The summed E-state index contributed by atoms with van der Waals surface area (Å²) in [4.78, 5) is 1.22. The molecule has 0 aromatic carbocycles. The molecule has 2 rings (SSSR count). The van der Waals surface area contributed by atoms with Crippen LogP contribution in [0.1, 0.15) is 17.8 Å². The van der Waals surface area contributed by atoms with Crippen molar-refractivity contribution < 1.29 is 0 Å². The Bertz CT molecular complexity index is 449. The molecule has 0 bridgehead atoms. The van der Waals surface area contributed by atoms with E-state index in [1.54, 1.807) is 17.5 Å². The van der Waals surface area contributed by atoms with Crippen LogP contribution in [-0.4, -0.2) is 9.78 Å². The molecule has 1 N–H and O–H groups in total. The highest BCUT2D eigenvalue weighted by Gasteiger charge is 2.09. The third-order valence-electron chi connectivity index (χ3n) is 2.21. The summed E-state index contributed by atoms with van der Waals surface area (Å²) in [7, 11) is 1.91. The average Bonchev–Trinajstić information content (AvgIpc) is 2.77. The van der Waals surface area contributed by atoms with Crippen LogP contribution in [0.3, 0.4) is 0 Å². The number of rotatable bonds is 3. The Hall–Kier alpha value is -1.000. The van der Waals surface area contributed by atoms with Gasteiger partial charge in [-0.05, 0) is 19.1 Å². The lowest BCUT2D eigenvalue weighted by atomic mass is 10.3. The lowest BCUT2D eigenvalue weighted by Gasteiger charge is -2.13. The van der Waals surface area contributed by atoms with Crippen LogP contribution in [0.5, 0.6) is 0 Å². The van der Waals surface area contributed by atoms with Crippen LogP contribution in [0.15, 0.2) is 24.4 Å². The van der Waals surface area contributed by atoms with Crippen molar-refractivity contribution in [2.75, 3.05) is 5.32 Å². The predicted molar refractivity (Wildman–Crippen MR) is 64.6 cm³/mol. The van der Waals surface area contributed by atoms with Crippen LogP contribution in [-0.2, 0) is 7.05 Å². The Balaban J connectivity index is 2.10. The molecule has 15 heavy (non-hydrogen) atoms. The number of nitrogens with zero attached hydrogens (tertiary/aromatic N) is 2. The lowest BCUT2D eigenvalue weighted by molar-refractivity contribution is 0.753. The molecular weight excluding hydrogens is 230 g/mol. The Morgan fingerprint density at radius 3 is 2.80 bits per heavy atom. The Labute approximate surface area is 97.7 Å². The second kappa shape index (κ2) is 4.24. The van der Waals surface area contributed by atoms with Crippen LogP contribution in [0.4, 0.5) is 5.82 Å². The van der Waals surface area contributed by atoms with Crippen molar-refractivity contribution in [3.05, 3.63) is 33.6 Å². The fourth-order valence-corrected chi connectivity index (χ4v) is 2.43. The third-order valence-corrected chi connectivity index (χ3v) is 3.62. The Morgan fingerprint density at radius 2 is 2.27 bits per heavy atom. The highest BCUT2D eigenvalue weighted by molar-refractivity contribution is 7.16. The predicted octanol–water partition coefficient (Wildman–Crippen LogP) is 3.31. The quantitative estimate of drug-likeness (QED) is 0.894. The van der Waals surface area contributed by atoms with Gasteiger partial charge >= 0.3 is 0 Å². The first kappa shape index (κ1) is 10.5. The second-order valence-electron chi connectivity index (χ2n) is 3.35. The first-order chi connectivity index (χ1) is 7.16. The minimum atomic E-state index is 0.248. The minimum absolute atomic E-state index is 0.248. The van der Waals surface area contributed by atoms with Crippen LogP contribution in [0.2, 0.25) is 4.34 Å². The molecule has 5 heteroatoms. The number of halogens is 1. The third kappa shape index (κ3) is 2.33. The molecular formula is C10H12ClN3S. The molecule has 0 radical (unpaired) electrons. The van der Waals surface area contributed by atoms with Crippen molar-refractivity contribution in [3.63, 3.8) is 0 Å². The largest absolute Gasteiger partial charge is 0.363 e. The van der Waals surface area contributed by atoms with Gasteiger partial charge in [-0.3, -0.25) is 4.68 Å². The van der Waals surface area contributed by atoms with Crippen LogP contribution in [0.25, 0.3) is 0 Å². The van der Waals surface area contributed by atoms with E-state index in [1.807, 2.05) is 29.9 Å². The minimum Gasteiger partial charge on any atom is -0.363 e. The van der Waals surface area contributed by atoms with Crippen LogP contribution in [0, 0.1) is 0 Å². The van der Waals surface area contributed by atoms with E-state index in [4.69, 9.17) is 11.6 Å². The molecule has 0 spiro atoms. The molecule has 0 saturated heterocycles. The van der Waals surface area contributed by atoms with Crippen molar-refractivity contribution in [2.24, 2.45) is 7.05 Å². The van der Waals surface area contributed by atoms with Crippen molar-refractivity contribution in [2.45, 2.75) is 13.0 Å². The molecule has 0 aliphatic carbocycles. The molecule has 1 atom stereocenters. The number of thiophene rings is 1. The number of anilines is 1. The van der Waals surface area contributed by atoms with E-state index < -0.39 is 0 Å². The molecule has 1 unspecified atom stereocenters. The zero-order chi connectivity index (χ0) is 10.8. The summed E-state index contributed by atoms with van der Waals surface area (Å²) in [5, 5.41) is 7.47. The molecule has 0 fully saturated rings. The zero-order valence-electron chi connectivity index (χ0n) is 8.57. The van der Waals surface area contributed by atoms with Gasteiger partial charge in [-0.1, -0.05) is 11.6 Å². The van der Waals surface area contributed by atoms with Crippen molar-refractivity contribution in [3.8, 4) is 0 Å². The molecule has 0 saturated carbocycles. The van der Waals surface area contributed by atoms with E-state index in [0.29, 0.717) is 0 Å². The van der Waals surface area contributed by atoms with Gasteiger partial charge in [-0.2, -0.15) is 5.10 Å². The average molecular weight is 242 g/mol. The maximum Gasteiger partial charge on any atom is 0.124 e. The van der Waals surface area contributed by atoms with Crippen LogP contribution < -0.4 is 5.32 Å². The molecule has 0 amide bonds. The maximum absolute atomic E-state index is 5.89. The number of hydrogen-bond donors (Lipinski definition) is 1. The van der Waals surface area contributed by atoms with E-state index in [9.17, 15) is 0 Å². The lowest BCUT2D eigenvalue weighted by Crippen LogP contribution is -2.08. The van der Waals surface area contributed by atoms with Gasteiger partial charge in [0.1, 0.15) is 5.82 Å². The van der Waals surface area contributed by atoms with Gasteiger partial charge in [-0.15, -0.1) is 11.3 Å². The Morgan fingerprint density at radius 1 is 1.47 bits per heavy atom. The molecule has 2 aromatic heterocycles. The molecule has 2 aromatic rings. The highest BCUT2D eigenvalue weighted by atomic mass is 35.5. The smallest absolute Gasteiger partial charge is 0.124 e. The molecule has 0 aliphatic heterocycles. The summed E-state index contributed by atoms with van der Waals surface area (Å²) in [6.07, 6.45) is 1.77. The van der Waals surface area contributed by atoms with E-state index in [-0.39, 0.29) is 6.04 Å². The molecule has 80 valence electrons. The normalized spacial score (nSPS) is 12.7. The first-order valence-corrected chi connectivity index (χ1v) is 5.86. The van der Waals surface area contributed by atoms with E-state index in [1.165, 1.54) is 4.88 Å². The number of hydrogen-bond acceptors (Lipinski definition) is 3. The summed E-state index contributed by atoms with van der Waals surface area (Å²) in [5.41, 5.74) is 0. The highest BCUT2D eigenvalue weighted by Crippen LogP contribution is 2.28. The van der Waals surface area contributed by atoms with Gasteiger partial charge in [0.15, 0.2) is 0 Å². The zero-order valence-corrected chi connectivity index (χ0v) is 10.1. The summed E-state index contributed by atoms with van der Waals surface area (Å²) in [6, 6.07) is 6.16. The van der Waals surface area contributed by atoms with Gasteiger partial charge in [0.2, 0.25) is 0 Å². The second-order valence-corrected chi connectivity index (χ2v) is 5.09. The monoisotopic (exact) mass is 241 g/mol. The SMILES string of the molecule is CC(Nc1ccnn1C)c1ccc(Cl)s1. The van der Waals surface area contributed by atoms with Gasteiger partial charge in [-0.25, -0.2) is 0 Å². The van der Waals surface area contributed by atoms with Gasteiger partial charge in [0.25, 0.3) is 0 Å². The molecule has 0 aliphatic rings. The van der Waals surface area contributed by atoms with E-state index >= 15 is 0 Å². The van der Waals surface area contributed by atoms with E-state index in [0.717, 1.165) is 10.2 Å². The maximum atomic E-state index is 5.89. The first-order valence-electron chi connectivity index (χ1n) is 4.66. The number of nitrogens with one attached hydrogen (secondary N) is 1. The topological polar surface area (TPSA) is 29.9 Å². The van der Waals surface area contributed by atoms with Crippen molar-refractivity contribution in [1.29, 1.82) is 0 Å². The molecule has 3 nitrogen and oxygen atoms in total. The van der Waals surface area contributed by atoms with Gasteiger partial charge < -0.3 is 5.32 Å². The van der Waals surface area contributed by atoms with Gasteiger partial charge in [0.05, 0.1) is 16.6 Å². The van der Waals surface area contributed by atoms with Gasteiger partial charge in [0, 0.05) is 18.0 Å². The Kier molecular flexibility index (Phi) is 2.98. The van der Waals surface area contributed by atoms with E-state index in [2.05, 4.69) is 17.3 Å². The summed E-state index contributed by atoms with van der Waals surface area (Å²) >= 11 is 7.49. The van der Waals surface area contributed by atoms with Crippen LogP contribution >= 0.6 is 22.9 Å². The standard InChI is InChI=1S/C10H12ClN3S/c1-7(8-3-4-9(11)15-8)13-10-5-6-12-14(10)2/h3-7,13H,1-2H3.